The molecule has 1 rings (SSSR count). The summed E-state index contributed by atoms with van der Waals surface area (Å²) in [6.45, 7) is 8.25. The van der Waals surface area contributed by atoms with Gasteiger partial charge in [-0.2, -0.15) is 0 Å². The number of aromatic nitrogens is 1. The summed E-state index contributed by atoms with van der Waals surface area (Å²) in [4.78, 5) is 11.6. The molecule has 0 saturated heterocycles. The Balaban J connectivity index is 2.67. The highest BCUT2D eigenvalue weighted by molar-refractivity contribution is 5.75. The predicted octanol–water partition coefficient (Wildman–Crippen LogP) is 1.58. The standard InChI is InChI=1S/C12H20N2O3/c1-7(2)11(12(15)16-5)13-6-10-8(3)14-17-9(10)4/h7,11,13H,6H2,1-5H3. The van der Waals surface area contributed by atoms with Crippen LogP contribution in [-0.2, 0) is 16.1 Å². The SMILES string of the molecule is COC(=O)C(NCc1c(C)noc1C)C(C)C. The number of carbonyl (C=O) groups is 1. The fourth-order valence-electron chi connectivity index (χ4n) is 1.68. The van der Waals surface area contributed by atoms with Crippen molar-refractivity contribution in [3.63, 3.8) is 0 Å². The smallest absolute Gasteiger partial charge is 0.323 e. The van der Waals surface area contributed by atoms with Crippen LogP contribution in [0.15, 0.2) is 4.52 Å². The first kappa shape index (κ1) is 13.7. The molecule has 1 N–H and O–H groups in total. The van der Waals surface area contributed by atoms with Gasteiger partial charge in [-0.1, -0.05) is 19.0 Å². The van der Waals surface area contributed by atoms with Crippen LogP contribution in [-0.4, -0.2) is 24.3 Å². The van der Waals surface area contributed by atoms with E-state index in [1.54, 1.807) is 0 Å². The van der Waals surface area contributed by atoms with E-state index < -0.39 is 0 Å². The fraction of sp³-hybridized carbons (Fsp3) is 0.667. The van der Waals surface area contributed by atoms with Gasteiger partial charge in [0, 0.05) is 12.1 Å². The molecule has 0 amide bonds. The minimum atomic E-state index is -0.311. The van der Waals surface area contributed by atoms with Gasteiger partial charge in [-0.15, -0.1) is 0 Å². The first-order valence-corrected chi connectivity index (χ1v) is 5.70. The molecule has 1 aromatic rings. The van der Waals surface area contributed by atoms with Crippen LogP contribution >= 0.6 is 0 Å². The third-order valence-corrected chi connectivity index (χ3v) is 2.80. The molecule has 0 radical (unpaired) electrons. The number of ether oxygens (including phenoxy) is 1. The first-order valence-electron chi connectivity index (χ1n) is 5.70. The number of rotatable bonds is 5. The Morgan fingerprint density at radius 2 is 2.12 bits per heavy atom. The minimum absolute atomic E-state index is 0.169. The van der Waals surface area contributed by atoms with E-state index in [0.29, 0.717) is 6.54 Å². The molecule has 0 fully saturated rings. The highest BCUT2D eigenvalue weighted by Crippen LogP contribution is 2.13. The average molecular weight is 240 g/mol. The van der Waals surface area contributed by atoms with Gasteiger partial charge >= 0.3 is 5.97 Å². The Kier molecular flexibility index (Phi) is 4.69. The molecule has 0 bridgehead atoms. The lowest BCUT2D eigenvalue weighted by molar-refractivity contribution is -0.144. The summed E-state index contributed by atoms with van der Waals surface area (Å²) in [7, 11) is 1.40. The molecular weight excluding hydrogens is 220 g/mol. The van der Waals surface area contributed by atoms with Crippen LogP contribution in [0.3, 0.4) is 0 Å². The lowest BCUT2D eigenvalue weighted by atomic mass is 10.0. The third kappa shape index (κ3) is 3.30. The summed E-state index contributed by atoms with van der Waals surface area (Å²) in [5.41, 5.74) is 1.85. The number of esters is 1. The molecule has 1 unspecified atom stereocenters. The van der Waals surface area contributed by atoms with Crippen molar-refractivity contribution in [2.75, 3.05) is 7.11 Å². The second-order valence-corrected chi connectivity index (χ2v) is 4.43. The number of hydrogen-bond acceptors (Lipinski definition) is 5. The molecule has 0 spiro atoms. The number of hydrogen-bond donors (Lipinski definition) is 1. The summed E-state index contributed by atoms with van der Waals surface area (Å²) in [6, 6.07) is -0.311. The van der Waals surface area contributed by atoms with Gasteiger partial charge in [0.05, 0.1) is 12.8 Å². The summed E-state index contributed by atoms with van der Waals surface area (Å²) < 4.78 is 9.83. The van der Waals surface area contributed by atoms with Crippen molar-refractivity contribution in [2.24, 2.45) is 5.92 Å². The predicted molar refractivity (Wildman–Crippen MR) is 63.5 cm³/mol. The van der Waals surface area contributed by atoms with Crippen molar-refractivity contribution in [3.8, 4) is 0 Å². The molecule has 1 atom stereocenters. The second-order valence-electron chi connectivity index (χ2n) is 4.43. The minimum Gasteiger partial charge on any atom is -0.468 e. The molecule has 1 heterocycles. The Labute approximate surface area is 102 Å². The monoisotopic (exact) mass is 240 g/mol. The van der Waals surface area contributed by atoms with E-state index in [2.05, 4.69) is 10.5 Å². The lowest BCUT2D eigenvalue weighted by Crippen LogP contribution is -2.41. The Morgan fingerprint density at radius 1 is 1.47 bits per heavy atom. The summed E-state index contributed by atoms with van der Waals surface area (Å²) in [5.74, 6) is 0.706. The molecule has 5 nitrogen and oxygen atoms in total. The van der Waals surface area contributed by atoms with Crippen molar-refractivity contribution < 1.29 is 14.1 Å². The first-order chi connectivity index (χ1) is 7.97. The van der Waals surface area contributed by atoms with E-state index in [4.69, 9.17) is 9.26 Å². The van der Waals surface area contributed by atoms with Crippen molar-refractivity contribution in [3.05, 3.63) is 17.0 Å². The van der Waals surface area contributed by atoms with Gasteiger partial charge in [0.2, 0.25) is 0 Å². The maximum absolute atomic E-state index is 11.6. The molecule has 0 saturated carbocycles. The third-order valence-electron chi connectivity index (χ3n) is 2.80. The molecular formula is C12H20N2O3. The van der Waals surface area contributed by atoms with Crippen molar-refractivity contribution in [2.45, 2.75) is 40.3 Å². The number of aryl methyl sites for hydroxylation is 2. The molecule has 5 heteroatoms. The van der Waals surface area contributed by atoms with Crippen LogP contribution < -0.4 is 5.32 Å². The molecule has 0 aliphatic carbocycles. The summed E-state index contributed by atoms with van der Waals surface area (Å²) in [6.07, 6.45) is 0. The number of methoxy groups -OCH3 is 1. The topological polar surface area (TPSA) is 64.4 Å². The van der Waals surface area contributed by atoms with E-state index in [0.717, 1.165) is 17.0 Å². The van der Waals surface area contributed by atoms with E-state index >= 15 is 0 Å². The average Bonchev–Trinajstić information content (AvgIpc) is 2.59. The zero-order valence-electron chi connectivity index (χ0n) is 11.0. The molecule has 96 valence electrons. The summed E-state index contributed by atoms with van der Waals surface area (Å²) >= 11 is 0. The van der Waals surface area contributed by atoms with Gasteiger partial charge in [0.15, 0.2) is 0 Å². The van der Waals surface area contributed by atoms with Crippen LogP contribution in [0.25, 0.3) is 0 Å². The Hall–Kier alpha value is -1.36. The molecule has 17 heavy (non-hydrogen) atoms. The Morgan fingerprint density at radius 3 is 2.53 bits per heavy atom. The maximum atomic E-state index is 11.6. The highest BCUT2D eigenvalue weighted by atomic mass is 16.5. The van der Waals surface area contributed by atoms with E-state index in [1.165, 1.54) is 7.11 Å². The van der Waals surface area contributed by atoms with Crippen LogP contribution in [0, 0.1) is 19.8 Å². The van der Waals surface area contributed by atoms with E-state index in [-0.39, 0.29) is 17.9 Å². The largest absolute Gasteiger partial charge is 0.468 e. The molecule has 0 aliphatic rings. The van der Waals surface area contributed by atoms with Crippen LogP contribution in [0.4, 0.5) is 0 Å². The van der Waals surface area contributed by atoms with Gasteiger partial charge in [-0.25, -0.2) is 0 Å². The van der Waals surface area contributed by atoms with Crippen LogP contribution in [0.5, 0.6) is 0 Å². The molecule has 1 aromatic heterocycles. The molecule has 0 aromatic carbocycles. The van der Waals surface area contributed by atoms with E-state index in [9.17, 15) is 4.79 Å². The van der Waals surface area contributed by atoms with Crippen molar-refractivity contribution >= 4 is 5.97 Å². The number of nitrogens with zero attached hydrogens (tertiary/aromatic N) is 1. The van der Waals surface area contributed by atoms with Gasteiger partial charge in [0.1, 0.15) is 11.8 Å². The quantitative estimate of drug-likeness (QED) is 0.792. The number of carbonyl (C=O) groups excluding carboxylic acids is 1. The zero-order valence-corrected chi connectivity index (χ0v) is 11.0. The van der Waals surface area contributed by atoms with Gasteiger partial charge in [-0.3, -0.25) is 10.1 Å². The summed E-state index contributed by atoms with van der Waals surface area (Å²) in [5, 5.41) is 7.05. The van der Waals surface area contributed by atoms with E-state index in [1.807, 2.05) is 27.7 Å². The zero-order chi connectivity index (χ0) is 13.0. The number of nitrogens with one attached hydrogen (secondary N) is 1. The lowest BCUT2D eigenvalue weighted by Gasteiger charge is -2.19. The fourth-order valence-corrected chi connectivity index (χ4v) is 1.68. The van der Waals surface area contributed by atoms with Gasteiger partial charge in [0.25, 0.3) is 0 Å². The Bertz CT molecular complexity index is 366. The van der Waals surface area contributed by atoms with Crippen LogP contribution in [0.1, 0.15) is 30.9 Å². The van der Waals surface area contributed by atoms with Crippen LogP contribution in [0.2, 0.25) is 0 Å². The second kappa shape index (κ2) is 5.82. The maximum Gasteiger partial charge on any atom is 0.323 e. The van der Waals surface area contributed by atoms with Gasteiger partial charge in [-0.05, 0) is 19.8 Å². The molecule has 0 aliphatic heterocycles. The highest BCUT2D eigenvalue weighted by Gasteiger charge is 2.23. The normalized spacial score (nSPS) is 12.8. The van der Waals surface area contributed by atoms with Gasteiger partial charge < -0.3 is 9.26 Å². The van der Waals surface area contributed by atoms with Crippen molar-refractivity contribution in [1.29, 1.82) is 0 Å². The van der Waals surface area contributed by atoms with Crippen molar-refractivity contribution in [1.82, 2.24) is 10.5 Å².